The van der Waals surface area contributed by atoms with E-state index in [2.05, 4.69) is 41.0 Å². The molecular weight excluding hydrogens is 673 g/mol. The van der Waals surface area contributed by atoms with Crippen LogP contribution in [0.4, 0.5) is 4.79 Å². The fraction of sp³-hybridized carbons (Fsp3) is 0.811. The number of carbonyl (C=O) groups is 5. The Bertz CT molecular complexity index is 1520. The lowest BCUT2D eigenvalue weighted by Gasteiger charge is -2.44. The first kappa shape index (κ1) is 39.0. The van der Waals surface area contributed by atoms with Crippen molar-refractivity contribution >= 4 is 39.6 Å². The van der Waals surface area contributed by atoms with Crippen molar-refractivity contribution in [2.75, 3.05) is 26.4 Å². The van der Waals surface area contributed by atoms with E-state index in [-0.39, 0.29) is 47.8 Å². The Morgan fingerprint density at radius 3 is 2.10 bits per heavy atom. The van der Waals surface area contributed by atoms with Gasteiger partial charge in [-0.3, -0.25) is 19.2 Å². The molecule has 4 N–H and O–H groups in total. The zero-order valence-electron chi connectivity index (χ0n) is 31.0. The second-order valence-electron chi connectivity index (χ2n) is 16.9. The molecule has 13 nitrogen and oxygen atoms in total. The number of nitrogens with one attached hydrogen (secondary N) is 4. The fourth-order valence-corrected chi connectivity index (χ4v) is 10.3. The Kier molecular flexibility index (Phi) is 11.5. The van der Waals surface area contributed by atoms with E-state index in [0.29, 0.717) is 32.2 Å². The molecule has 5 amide bonds. The summed E-state index contributed by atoms with van der Waals surface area (Å²) < 4.78 is 27.3. The van der Waals surface area contributed by atoms with Crippen molar-refractivity contribution in [3.8, 4) is 12.3 Å². The number of terminal acetylenes is 1. The van der Waals surface area contributed by atoms with Crippen molar-refractivity contribution in [1.82, 2.24) is 30.5 Å². The molecule has 14 heteroatoms. The summed E-state index contributed by atoms with van der Waals surface area (Å²) in [6.45, 7) is 6.45. The number of piperidine rings is 1. The molecule has 0 unspecified atom stereocenters. The van der Waals surface area contributed by atoms with Gasteiger partial charge in [0.05, 0.1) is 17.3 Å². The van der Waals surface area contributed by atoms with E-state index in [1.807, 2.05) is 6.92 Å². The van der Waals surface area contributed by atoms with Crippen molar-refractivity contribution in [1.29, 1.82) is 0 Å². The predicted octanol–water partition coefficient (Wildman–Crippen LogP) is 2.45. The van der Waals surface area contributed by atoms with Crippen LogP contribution < -0.4 is 21.3 Å². The highest BCUT2D eigenvalue weighted by Crippen LogP contribution is 2.65. The number of urea groups is 1. The Hall–Kier alpha value is -3.18. The largest absolute Gasteiger partial charge is 0.347 e. The van der Waals surface area contributed by atoms with Gasteiger partial charge in [-0.2, -0.15) is 0 Å². The van der Waals surface area contributed by atoms with E-state index in [4.69, 9.17) is 6.42 Å². The number of rotatable bonds is 14. The molecule has 0 bridgehead atoms. The van der Waals surface area contributed by atoms with Crippen LogP contribution in [0.3, 0.4) is 0 Å². The molecular formula is C37H58N6O7S. The molecule has 5 atom stereocenters. The normalized spacial score (nSPS) is 27.2. The molecule has 4 aliphatic carbocycles. The molecule has 1 heterocycles. The molecule has 4 saturated carbocycles. The van der Waals surface area contributed by atoms with Crippen molar-refractivity contribution in [2.45, 2.75) is 140 Å². The van der Waals surface area contributed by atoms with Gasteiger partial charge in [0.15, 0.2) is 0 Å². The number of sulfonamides is 1. The van der Waals surface area contributed by atoms with E-state index in [1.54, 1.807) is 4.90 Å². The van der Waals surface area contributed by atoms with Crippen LogP contribution in [0.25, 0.3) is 0 Å². The number of fused-ring (bicyclic) bond motifs is 1. The van der Waals surface area contributed by atoms with Gasteiger partial charge >= 0.3 is 6.03 Å². The molecule has 1 aliphatic heterocycles. The highest BCUT2D eigenvalue weighted by Gasteiger charge is 2.70. The minimum absolute atomic E-state index is 0.0328. The van der Waals surface area contributed by atoms with Gasteiger partial charge in [0.25, 0.3) is 5.91 Å². The van der Waals surface area contributed by atoms with Gasteiger partial charge in [0, 0.05) is 33.1 Å². The van der Waals surface area contributed by atoms with Crippen LogP contribution in [0, 0.1) is 35.0 Å². The van der Waals surface area contributed by atoms with Gasteiger partial charge in [-0.15, -0.1) is 12.3 Å². The maximum Gasteiger partial charge on any atom is 0.315 e. The summed E-state index contributed by atoms with van der Waals surface area (Å²) in [5, 5.41) is 11.5. The van der Waals surface area contributed by atoms with Crippen molar-refractivity contribution in [3.05, 3.63) is 0 Å². The second-order valence-corrected chi connectivity index (χ2v) is 19.1. The van der Waals surface area contributed by atoms with Crippen LogP contribution in [-0.4, -0.2) is 103 Å². The number of Topliss-reactive ketones (excluding diaryl/α,β-unsaturated/α-hetero) is 1. The Balaban J connectivity index is 1.39. The summed E-state index contributed by atoms with van der Waals surface area (Å²) in [5.74, 6) is -0.254. The quantitative estimate of drug-likeness (QED) is 0.157. The number of hydrogen-bond donors (Lipinski definition) is 4. The SMILES string of the molecule is C#CCC[C@H](NC(=O)[C@@H]1[C@@H]2[C@H](CN1C(=O)[C@@H](NC(=O)NC1(CS(=O)(=O)N(C)C)CCCCC1)C1(C)CCCCC1)C2(C)C)C(=O)C(=O)NC1CC1. The Morgan fingerprint density at radius 2 is 1.53 bits per heavy atom. The number of amides is 5. The maximum absolute atomic E-state index is 14.8. The summed E-state index contributed by atoms with van der Waals surface area (Å²) in [4.78, 5) is 70.5. The van der Waals surface area contributed by atoms with Crippen molar-refractivity contribution < 1.29 is 32.4 Å². The van der Waals surface area contributed by atoms with Gasteiger partial charge in [-0.25, -0.2) is 17.5 Å². The van der Waals surface area contributed by atoms with Gasteiger partial charge in [-0.05, 0) is 67.6 Å². The lowest BCUT2D eigenvalue weighted by molar-refractivity contribution is -0.146. The number of ketones is 1. The third-order valence-electron chi connectivity index (χ3n) is 12.5. The number of carbonyl (C=O) groups excluding carboxylic acids is 5. The van der Waals surface area contributed by atoms with Gasteiger partial charge in [0.2, 0.25) is 27.6 Å². The molecule has 1 saturated heterocycles. The standard InChI is InChI=1S/C37H58N6O7S/c1-7-8-15-26(29(44)32(46)38-24-16-17-24)39-31(45)28-27-25(35(27,2)3)22-43(28)33(47)30(36(4)18-11-9-12-19-36)40-34(48)41-37(20-13-10-14-21-37)23-51(49,50)42(5)6/h1,24-28,30H,8-23H2,2-6H3,(H,38,46)(H,39,45)(H2,40,41,48)/t25-,26-,27-,28-,30+/m0/s1. The van der Waals surface area contributed by atoms with E-state index in [1.165, 1.54) is 18.4 Å². The Morgan fingerprint density at radius 1 is 0.922 bits per heavy atom. The lowest BCUT2D eigenvalue weighted by Crippen LogP contribution is -2.65. The monoisotopic (exact) mass is 730 g/mol. The number of nitrogens with zero attached hydrogens (tertiary/aromatic N) is 2. The number of hydrogen-bond acceptors (Lipinski definition) is 7. The minimum Gasteiger partial charge on any atom is -0.347 e. The molecule has 284 valence electrons. The first-order valence-corrected chi connectivity index (χ1v) is 20.4. The smallest absolute Gasteiger partial charge is 0.315 e. The minimum atomic E-state index is -3.64. The third kappa shape index (κ3) is 8.56. The lowest BCUT2D eigenvalue weighted by atomic mass is 9.70. The van der Waals surface area contributed by atoms with Crippen LogP contribution >= 0.6 is 0 Å². The maximum atomic E-state index is 14.8. The first-order valence-electron chi connectivity index (χ1n) is 18.8. The molecule has 0 aromatic rings. The highest BCUT2D eigenvalue weighted by molar-refractivity contribution is 7.89. The van der Waals surface area contributed by atoms with E-state index < -0.39 is 62.7 Å². The van der Waals surface area contributed by atoms with E-state index in [9.17, 15) is 32.4 Å². The van der Waals surface area contributed by atoms with Gasteiger partial charge < -0.3 is 26.2 Å². The van der Waals surface area contributed by atoms with Crippen LogP contribution in [0.1, 0.15) is 111 Å². The molecule has 0 radical (unpaired) electrons. The predicted molar refractivity (Wildman–Crippen MR) is 192 cm³/mol. The van der Waals surface area contributed by atoms with Crippen LogP contribution in [0.2, 0.25) is 0 Å². The molecule has 0 aromatic carbocycles. The molecule has 51 heavy (non-hydrogen) atoms. The van der Waals surface area contributed by atoms with Crippen LogP contribution in [-0.2, 0) is 29.2 Å². The average molecular weight is 731 g/mol. The zero-order chi connectivity index (χ0) is 37.4. The first-order chi connectivity index (χ1) is 23.9. The topological polar surface area (TPSA) is 174 Å². The third-order valence-corrected chi connectivity index (χ3v) is 14.6. The fourth-order valence-electron chi connectivity index (χ4n) is 8.98. The molecule has 0 aromatic heterocycles. The summed E-state index contributed by atoms with van der Waals surface area (Å²) in [7, 11) is -0.678. The molecule has 5 fully saturated rings. The van der Waals surface area contributed by atoms with Crippen LogP contribution in [0.15, 0.2) is 0 Å². The van der Waals surface area contributed by atoms with Crippen molar-refractivity contribution in [2.24, 2.45) is 22.7 Å². The Labute approximate surface area is 303 Å². The molecule has 5 aliphatic rings. The van der Waals surface area contributed by atoms with Gasteiger partial charge in [0.1, 0.15) is 12.1 Å². The summed E-state index contributed by atoms with van der Waals surface area (Å²) in [5.41, 5.74) is -1.79. The summed E-state index contributed by atoms with van der Waals surface area (Å²) in [6, 6.07) is -3.63. The average Bonchev–Trinajstić information content (AvgIpc) is 3.92. The van der Waals surface area contributed by atoms with Gasteiger partial charge in [-0.1, -0.05) is 59.3 Å². The van der Waals surface area contributed by atoms with E-state index >= 15 is 0 Å². The highest BCUT2D eigenvalue weighted by atomic mass is 32.2. The zero-order valence-corrected chi connectivity index (χ0v) is 31.8. The van der Waals surface area contributed by atoms with Crippen LogP contribution in [0.5, 0.6) is 0 Å². The summed E-state index contributed by atoms with van der Waals surface area (Å²) in [6.07, 6.45) is 15.1. The molecule has 5 rings (SSSR count). The number of likely N-dealkylation sites (tertiary alicyclic amines) is 1. The van der Waals surface area contributed by atoms with Crippen molar-refractivity contribution in [3.63, 3.8) is 0 Å². The molecule has 0 spiro atoms. The summed E-state index contributed by atoms with van der Waals surface area (Å²) >= 11 is 0. The van der Waals surface area contributed by atoms with E-state index in [0.717, 1.165) is 51.4 Å². The second kappa shape index (κ2) is 15.0.